The van der Waals surface area contributed by atoms with Gasteiger partial charge in [-0.25, -0.2) is 0 Å². The van der Waals surface area contributed by atoms with Gasteiger partial charge in [0.1, 0.15) is 5.75 Å². The van der Waals surface area contributed by atoms with Crippen LogP contribution in [-0.4, -0.2) is 29.4 Å². The number of nitrogens with two attached hydrogens (primary N) is 1. The third-order valence-electron chi connectivity index (χ3n) is 3.66. The molecule has 5 heteroatoms. The number of phenols is 1. The standard InChI is InChI=1S/C18H21N3OS/c19-12-17(11-15-1-5-16(6-2-15)21-13-23)20-10-9-14-3-7-18(22)8-4-14/h1-8,17,20,22H,9-12,19H2. The molecule has 23 heavy (non-hydrogen) atoms. The quantitative estimate of drug-likeness (QED) is 0.515. The van der Waals surface area contributed by atoms with Crippen molar-refractivity contribution in [3.8, 4) is 5.75 Å². The van der Waals surface area contributed by atoms with Crippen LogP contribution in [0.2, 0.25) is 0 Å². The van der Waals surface area contributed by atoms with Crippen molar-refractivity contribution in [2.24, 2.45) is 10.7 Å². The average molecular weight is 327 g/mol. The maximum Gasteiger partial charge on any atom is 0.115 e. The summed E-state index contributed by atoms with van der Waals surface area (Å²) in [5.41, 5.74) is 9.07. The van der Waals surface area contributed by atoms with E-state index < -0.39 is 0 Å². The zero-order valence-electron chi connectivity index (χ0n) is 12.9. The lowest BCUT2D eigenvalue weighted by Crippen LogP contribution is -2.39. The number of isothiocyanates is 1. The van der Waals surface area contributed by atoms with Gasteiger partial charge in [-0.1, -0.05) is 24.3 Å². The summed E-state index contributed by atoms with van der Waals surface area (Å²) in [5, 5.41) is 15.1. The number of nitrogens with one attached hydrogen (secondary N) is 1. The smallest absolute Gasteiger partial charge is 0.115 e. The van der Waals surface area contributed by atoms with Crippen molar-refractivity contribution in [1.82, 2.24) is 5.32 Å². The van der Waals surface area contributed by atoms with Crippen LogP contribution in [-0.2, 0) is 12.8 Å². The number of hydrogen-bond acceptors (Lipinski definition) is 5. The maximum atomic E-state index is 9.28. The third-order valence-corrected chi connectivity index (χ3v) is 3.75. The first-order valence-corrected chi connectivity index (χ1v) is 8.00. The van der Waals surface area contributed by atoms with E-state index in [2.05, 4.69) is 27.7 Å². The zero-order chi connectivity index (χ0) is 16.5. The van der Waals surface area contributed by atoms with Crippen LogP contribution in [0.15, 0.2) is 53.5 Å². The van der Waals surface area contributed by atoms with Gasteiger partial charge in [0, 0.05) is 12.6 Å². The van der Waals surface area contributed by atoms with Crippen molar-refractivity contribution in [1.29, 1.82) is 0 Å². The monoisotopic (exact) mass is 327 g/mol. The molecule has 0 saturated heterocycles. The second kappa shape index (κ2) is 9.18. The van der Waals surface area contributed by atoms with Gasteiger partial charge in [-0.15, -0.1) is 0 Å². The molecule has 0 fully saturated rings. The Hall–Kier alpha value is -2.04. The first-order chi connectivity index (χ1) is 11.2. The average Bonchev–Trinajstić information content (AvgIpc) is 2.57. The minimum atomic E-state index is 0.229. The predicted octanol–water partition coefficient (Wildman–Crippen LogP) is 2.83. The highest BCUT2D eigenvalue weighted by atomic mass is 32.1. The Labute approximate surface area is 142 Å². The predicted molar refractivity (Wildman–Crippen MR) is 97.5 cm³/mol. The summed E-state index contributed by atoms with van der Waals surface area (Å²) in [6.45, 7) is 1.43. The van der Waals surface area contributed by atoms with Gasteiger partial charge in [0.2, 0.25) is 0 Å². The van der Waals surface area contributed by atoms with E-state index in [1.807, 2.05) is 36.4 Å². The van der Waals surface area contributed by atoms with E-state index >= 15 is 0 Å². The van der Waals surface area contributed by atoms with Crippen LogP contribution in [0.4, 0.5) is 5.69 Å². The van der Waals surface area contributed by atoms with Crippen LogP contribution in [0.5, 0.6) is 5.75 Å². The van der Waals surface area contributed by atoms with Crippen LogP contribution in [0.1, 0.15) is 11.1 Å². The Bertz CT molecular complexity index is 649. The van der Waals surface area contributed by atoms with E-state index in [1.54, 1.807) is 12.1 Å². The third kappa shape index (κ3) is 5.93. The topological polar surface area (TPSA) is 70.6 Å². The fourth-order valence-electron chi connectivity index (χ4n) is 2.37. The van der Waals surface area contributed by atoms with Crippen molar-refractivity contribution >= 4 is 23.1 Å². The molecule has 1 unspecified atom stereocenters. The molecule has 0 bridgehead atoms. The Balaban J connectivity index is 1.82. The molecule has 0 amide bonds. The lowest BCUT2D eigenvalue weighted by atomic mass is 10.0. The number of phenolic OH excluding ortho intramolecular Hbond substituents is 1. The highest BCUT2D eigenvalue weighted by Gasteiger charge is 2.07. The minimum absolute atomic E-state index is 0.229. The number of nitrogens with zero attached hydrogens (tertiary/aromatic N) is 1. The summed E-state index contributed by atoms with van der Waals surface area (Å²) in [4.78, 5) is 3.94. The van der Waals surface area contributed by atoms with E-state index in [4.69, 9.17) is 5.73 Å². The van der Waals surface area contributed by atoms with Crippen molar-refractivity contribution in [3.05, 3.63) is 59.7 Å². The molecular weight excluding hydrogens is 306 g/mol. The van der Waals surface area contributed by atoms with E-state index in [1.165, 1.54) is 11.1 Å². The molecule has 1 atom stereocenters. The molecule has 2 aromatic rings. The number of thiocarbonyl (C=S) groups is 1. The first-order valence-electron chi connectivity index (χ1n) is 7.59. The Kier molecular flexibility index (Phi) is 6.91. The maximum absolute atomic E-state index is 9.28. The van der Waals surface area contributed by atoms with Crippen molar-refractivity contribution in [3.63, 3.8) is 0 Å². The molecule has 0 heterocycles. The number of rotatable bonds is 8. The molecule has 0 aromatic heterocycles. The van der Waals surface area contributed by atoms with Gasteiger partial charge < -0.3 is 16.2 Å². The van der Waals surface area contributed by atoms with Crippen LogP contribution in [0.3, 0.4) is 0 Å². The molecule has 0 aliphatic heterocycles. The largest absolute Gasteiger partial charge is 0.508 e. The van der Waals surface area contributed by atoms with Crippen molar-refractivity contribution in [2.75, 3.05) is 13.1 Å². The number of hydrogen-bond donors (Lipinski definition) is 3. The van der Waals surface area contributed by atoms with Gasteiger partial charge in [0.25, 0.3) is 0 Å². The van der Waals surface area contributed by atoms with Gasteiger partial charge in [-0.3, -0.25) is 0 Å². The summed E-state index contributed by atoms with van der Waals surface area (Å²) < 4.78 is 0. The molecule has 0 spiro atoms. The van der Waals surface area contributed by atoms with E-state index in [0.29, 0.717) is 12.3 Å². The van der Waals surface area contributed by atoms with Gasteiger partial charge in [0.15, 0.2) is 0 Å². The lowest BCUT2D eigenvalue weighted by molar-refractivity contribution is 0.475. The molecule has 2 aromatic carbocycles. The molecule has 120 valence electrons. The molecule has 0 saturated carbocycles. The van der Waals surface area contributed by atoms with Gasteiger partial charge >= 0.3 is 0 Å². The number of aliphatic imine (C=N–C) groups is 1. The molecule has 4 nitrogen and oxygen atoms in total. The van der Waals surface area contributed by atoms with Crippen molar-refractivity contribution < 1.29 is 5.11 Å². The van der Waals surface area contributed by atoms with Gasteiger partial charge in [-0.2, -0.15) is 4.99 Å². The van der Waals surface area contributed by atoms with E-state index in [9.17, 15) is 5.11 Å². The summed E-state index contributed by atoms with van der Waals surface area (Å²) in [7, 11) is 0. The summed E-state index contributed by atoms with van der Waals surface area (Å²) in [5.74, 6) is 0.294. The Morgan fingerprint density at radius 2 is 1.74 bits per heavy atom. The van der Waals surface area contributed by atoms with Crippen LogP contribution in [0, 0.1) is 0 Å². The highest BCUT2D eigenvalue weighted by Crippen LogP contribution is 2.13. The fourth-order valence-corrected chi connectivity index (χ4v) is 2.47. The summed E-state index contributed by atoms with van der Waals surface area (Å²) in [6, 6.07) is 15.4. The molecule has 4 N–H and O–H groups in total. The van der Waals surface area contributed by atoms with Gasteiger partial charge in [-0.05, 0) is 67.0 Å². The SMILES string of the molecule is NCC(Cc1ccc(N=C=S)cc1)NCCc1ccc(O)cc1. The fraction of sp³-hybridized carbons (Fsp3) is 0.278. The van der Waals surface area contributed by atoms with Crippen LogP contribution < -0.4 is 11.1 Å². The number of benzene rings is 2. The van der Waals surface area contributed by atoms with E-state index in [0.717, 1.165) is 25.1 Å². The Morgan fingerprint density at radius 3 is 2.35 bits per heavy atom. The number of aromatic hydroxyl groups is 1. The van der Waals surface area contributed by atoms with Gasteiger partial charge in [0.05, 0.1) is 10.8 Å². The first kappa shape index (κ1) is 17.3. The molecule has 2 rings (SSSR count). The second-order valence-electron chi connectivity index (χ2n) is 5.38. The van der Waals surface area contributed by atoms with Crippen LogP contribution in [0.25, 0.3) is 0 Å². The molecule has 0 aliphatic carbocycles. The normalized spacial score (nSPS) is 11.7. The Morgan fingerprint density at radius 1 is 1.09 bits per heavy atom. The zero-order valence-corrected chi connectivity index (χ0v) is 13.7. The highest BCUT2D eigenvalue weighted by molar-refractivity contribution is 7.78. The van der Waals surface area contributed by atoms with E-state index in [-0.39, 0.29) is 6.04 Å². The molecule has 0 radical (unpaired) electrons. The summed E-state index contributed by atoms with van der Waals surface area (Å²) >= 11 is 4.59. The second-order valence-corrected chi connectivity index (χ2v) is 5.56. The lowest BCUT2D eigenvalue weighted by Gasteiger charge is -2.17. The molecular formula is C18H21N3OS. The summed E-state index contributed by atoms with van der Waals surface area (Å²) in [6.07, 6.45) is 1.77. The van der Waals surface area contributed by atoms with Crippen molar-refractivity contribution in [2.45, 2.75) is 18.9 Å². The minimum Gasteiger partial charge on any atom is -0.508 e. The van der Waals surface area contributed by atoms with Crippen LogP contribution >= 0.6 is 12.2 Å². The molecule has 0 aliphatic rings.